The fourth-order valence-corrected chi connectivity index (χ4v) is 0.922. The van der Waals surface area contributed by atoms with E-state index in [0.717, 1.165) is 6.54 Å². The molecule has 10 heavy (non-hydrogen) atoms. The van der Waals surface area contributed by atoms with Gasteiger partial charge in [0.2, 0.25) is 0 Å². The van der Waals surface area contributed by atoms with E-state index < -0.39 is 15.8 Å². The van der Waals surface area contributed by atoms with Crippen molar-refractivity contribution in [2.45, 2.75) is 18.1 Å². The number of rotatable bonds is 5. The van der Waals surface area contributed by atoms with Crippen molar-refractivity contribution in [2.75, 3.05) is 13.1 Å². The minimum Gasteiger partial charge on any atom is -0.317 e. The second-order valence-electron chi connectivity index (χ2n) is 1.83. The molecule has 0 aliphatic heterocycles. The van der Waals surface area contributed by atoms with Gasteiger partial charge in [0, 0.05) is 0 Å². The third-order valence-electron chi connectivity index (χ3n) is 1.02. The summed E-state index contributed by atoms with van der Waals surface area (Å²) in [5.74, 6) is 0. The Balaban J connectivity index is 3.21. The van der Waals surface area contributed by atoms with E-state index >= 15 is 0 Å². The molecular weight excluding hydrogens is 174 g/mol. The van der Waals surface area contributed by atoms with Crippen LogP contribution in [0.1, 0.15) is 13.3 Å². The Hall–Kier alpha value is 0.360. The minimum absolute atomic E-state index is 0.526. The van der Waals surface area contributed by atoms with Crippen molar-refractivity contribution in [3.8, 4) is 0 Å². The van der Waals surface area contributed by atoms with E-state index in [-0.39, 0.29) is 0 Å². The van der Waals surface area contributed by atoms with E-state index in [1.807, 2.05) is 6.92 Å². The van der Waals surface area contributed by atoms with Crippen molar-refractivity contribution in [1.82, 2.24) is 5.32 Å². The molecule has 0 fully saturated rings. The number of nitrogens with one attached hydrogen (secondary N) is 1. The first-order valence-electron chi connectivity index (χ1n) is 3.13. The van der Waals surface area contributed by atoms with Gasteiger partial charge in [-0.2, -0.15) is 0 Å². The molecule has 0 aliphatic rings. The fourth-order valence-electron chi connectivity index (χ4n) is 0.493. The molecule has 0 aromatic heterocycles. The highest BCUT2D eigenvalue weighted by atomic mass is 35.5. The zero-order chi connectivity index (χ0) is 7.98. The highest BCUT2D eigenvalue weighted by Gasteiger charge is 2.08. The second-order valence-corrected chi connectivity index (χ2v) is 3.74. The van der Waals surface area contributed by atoms with Crippen LogP contribution in [0, 0.1) is 0 Å². The normalized spacial score (nSPS) is 16.7. The van der Waals surface area contributed by atoms with Crippen LogP contribution in [0.2, 0.25) is 0 Å². The molecule has 0 saturated heterocycles. The Bertz CT molecular complexity index is 112. The van der Waals surface area contributed by atoms with E-state index in [0.29, 0.717) is 13.0 Å². The van der Waals surface area contributed by atoms with Crippen LogP contribution < -0.4 is 5.32 Å². The standard InChI is InChI=1S/C5H12ClNO2S/c1-2-7-4-3-5(6)10(8)9/h5,7H,2-4H2,1H3,(H,8,9). The molecule has 0 bridgehead atoms. The van der Waals surface area contributed by atoms with Crippen molar-refractivity contribution >= 4 is 22.7 Å². The summed E-state index contributed by atoms with van der Waals surface area (Å²) in [5, 5.41) is 3.00. The van der Waals surface area contributed by atoms with Crippen LogP contribution in [0.4, 0.5) is 0 Å². The summed E-state index contributed by atoms with van der Waals surface area (Å²) in [7, 11) is 0. The Labute approximate surface area is 68.4 Å². The molecule has 0 rings (SSSR count). The van der Waals surface area contributed by atoms with Gasteiger partial charge in [-0.1, -0.05) is 6.92 Å². The Morgan fingerprint density at radius 3 is 2.80 bits per heavy atom. The number of alkyl halides is 1. The topological polar surface area (TPSA) is 49.3 Å². The van der Waals surface area contributed by atoms with Gasteiger partial charge in [0.15, 0.2) is 11.1 Å². The molecule has 3 nitrogen and oxygen atoms in total. The maximum absolute atomic E-state index is 10.2. The lowest BCUT2D eigenvalue weighted by Crippen LogP contribution is -2.19. The van der Waals surface area contributed by atoms with Crippen LogP contribution in [-0.2, 0) is 11.1 Å². The summed E-state index contributed by atoms with van der Waals surface area (Å²) in [6.45, 7) is 3.53. The minimum atomic E-state index is -1.89. The average molecular weight is 186 g/mol. The molecule has 2 N–H and O–H groups in total. The van der Waals surface area contributed by atoms with Gasteiger partial charge >= 0.3 is 0 Å². The van der Waals surface area contributed by atoms with Gasteiger partial charge in [0.1, 0.15) is 4.71 Å². The molecule has 0 amide bonds. The van der Waals surface area contributed by atoms with Gasteiger partial charge < -0.3 is 9.87 Å². The van der Waals surface area contributed by atoms with Crippen LogP contribution in [-0.4, -0.2) is 26.6 Å². The lowest BCUT2D eigenvalue weighted by Gasteiger charge is -2.03. The highest BCUT2D eigenvalue weighted by molar-refractivity contribution is 7.81. The summed E-state index contributed by atoms with van der Waals surface area (Å²) in [6.07, 6.45) is 0.526. The highest BCUT2D eigenvalue weighted by Crippen LogP contribution is 2.03. The molecule has 62 valence electrons. The lowest BCUT2D eigenvalue weighted by molar-refractivity contribution is 0.554. The zero-order valence-electron chi connectivity index (χ0n) is 5.84. The zero-order valence-corrected chi connectivity index (χ0v) is 7.41. The van der Waals surface area contributed by atoms with Crippen LogP contribution >= 0.6 is 11.6 Å². The summed E-state index contributed by atoms with van der Waals surface area (Å²) >= 11 is 3.57. The van der Waals surface area contributed by atoms with Gasteiger partial charge in [-0.05, 0) is 19.5 Å². The molecule has 2 unspecified atom stereocenters. The number of halogens is 1. The summed E-state index contributed by atoms with van der Waals surface area (Å²) in [5.41, 5.74) is 0. The second kappa shape index (κ2) is 6.09. The van der Waals surface area contributed by atoms with Crippen molar-refractivity contribution in [3.63, 3.8) is 0 Å². The van der Waals surface area contributed by atoms with Crippen LogP contribution in [0.3, 0.4) is 0 Å². The number of hydrogen-bond donors (Lipinski definition) is 2. The molecule has 0 aliphatic carbocycles. The molecule has 0 aromatic rings. The first-order chi connectivity index (χ1) is 4.68. The van der Waals surface area contributed by atoms with Crippen molar-refractivity contribution in [3.05, 3.63) is 0 Å². The van der Waals surface area contributed by atoms with Crippen molar-refractivity contribution in [2.24, 2.45) is 0 Å². The van der Waals surface area contributed by atoms with E-state index in [1.165, 1.54) is 0 Å². The molecule has 0 radical (unpaired) electrons. The third kappa shape index (κ3) is 5.17. The molecule has 0 spiro atoms. The predicted octanol–water partition coefficient (Wildman–Crippen LogP) is 0.773. The van der Waals surface area contributed by atoms with Gasteiger partial charge in [0.25, 0.3) is 0 Å². The molecule has 0 heterocycles. The monoisotopic (exact) mass is 185 g/mol. The van der Waals surface area contributed by atoms with Gasteiger partial charge in [0.05, 0.1) is 0 Å². The van der Waals surface area contributed by atoms with E-state index in [1.54, 1.807) is 0 Å². The number of hydrogen-bond acceptors (Lipinski definition) is 2. The smallest absolute Gasteiger partial charge is 0.171 e. The van der Waals surface area contributed by atoms with Crippen LogP contribution in [0.5, 0.6) is 0 Å². The Kier molecular flexibility index (Phi) is 6.31. The Morgan fingerprint density at radius 2 is 2.40 bits per heavy atom. The lowest BCUT2D eigenvalue weighted by atomic mass is 10.5. The maximum Gasteiger partial charge on any atom is 0.171 e. The maximum atomic E-state index is 10.2. The van der Waals surface area contributed by atoms with Gasteiger partial charge in [-0.3, -0.25) is 0 Å². The molecule has 0 saturated carbocycles. The summed E-state index contributed by atoms with van der Waals surface area (Å²) in [6, 6.07) is 0. The molecule has 5 heteroatoms. The Morgan fingerprint density at radius 1 is 1.80 bits per heavy atom. The largest absolute Gasteiger partial charge is 0.317 e. The van der Waals surface area contributed by atoms with Crippen LogP contribution in [0.15, 0.2) is 0 Å². The first-order valence-corrected chi connectivity index (χ1v) is 4.73. The van der Waals surface area contributed by atoms with Crippen LogP contribution in [0.25, 0.3) is 0 Å². The summed E-state index contributed by atoms with van der Waals surface area (Å²) < 4.78 is 18.0. The van der Waals surface area contributed by atoms with Crippen molar-refractivity contribution < 1.29 is 8.76 Å². The van der Waals surface area contributed by atoms with E-state index in [2.05, 4.69) is 5.32 Å². The predicted molar refractivity (Wildman–Crippen MR) is 43.6 cm³/mol. The van der Waals surface area contributed by atoms with E-state index in [9.17, 15) is 4.21 Å². The van der Waals surface area contributed by atoms with Crippen molar-refractivity contribution in [1.29, 1.82) is 0 Å². The molecule has 0 aromatic carbocycles. The quantitative estimate of drug-likeness (QED) is 0.378. The first kappa shape index (κ1) is 10.4. The van der Waals surface area contributed by atoms with E-state index in [4.69, 9.17) is 16.2 Å². The SMILES string of the molecule is CCNCCC(Cl)S(=O)O. The summed E-state index contributed by atoms with van der Waals surface area (Å²) in [4.78, 5) is 0. The molecular formula is C5H12ClNO2S. The van der Waals surface area contributed by atoms with Gasteiger partial charge in [-0.25, -0.2) is 4.21 Å². The third-order valence-corrected chi connectivity index (χ3v) is 2.37. The van der Waals surface area contributed by atoms with Gasteiger partial charge in [-0.15, -0.1) is 11.6 Å². The molecule has 2 atom stereocenters. The average Bonchev–Trinajstić information content (AvgIpc) is 1.88. The fraction of sp³-hybridized carbons (Fsp3) is 1.00.